The normalized spacial score (nSPS) is 11.4. The molecule has 0 spiro atoms. The van der Waals surface area contributed by atoms with Crippen LogP contribution in [0.3, 0.4) is 0 Å². The van der Waals surface area contributed by atoms with Crippen molar-refractivity contribution in [1.82, 2.24) is 34.5 Å². The van der Waals surface area contributed by atoms with Gasteiger partial charge in [-0.2, -0.15) is 0 Å². The van der Waals surface area contributed by atoms with Crippen LogP contribution in [0.4, 0.5) is 8.78 Å². The Labute approximate surface area is 303 Å². The van der Waals surface area contributed by atoms with Gasteiger partial charge in [0.15, 0.2) is 23.3 Å². The van der Waals surface area contributed by atoms with Crippen molar-refractivity contribution in [2.75, 3.05) is 0 Å². The van der Waals surface area contributed by atoms with Crippen LogP contribution in [-0.2, 0) is 0 Å². The Hall–Kier alpha value is -7.00. The van der Waals surface area contributed by atoms with Crippen LogP contribution in [0.2, 0.25) is 0 Å². The average Bonchev–Trinajstić information content (AvgIpc) is 3.51. The molecule has 3 aromatic heterocycles. The highest BCUT2D eigenvalue weighted by Gasteiger charge is 2.22. The summed E-state index contributed by atoms with van der Waals surface area (Å²) in [5, 5.41) is 2.07. The molecule has 0 bridgehead atoms. The van der Waals surface area contributed by atoms with E-state index in [1.165, 1.54) is 12.1 Å². The number of nitrogens with zero attached hydrogens (tertiary/aromatic N) is 7. The van der Waals surface area contributed by atoms with Crippen molar-refractivity contribution in [2.45, 2.75) is 13.8 Å². The Bertz CT molecular complexity index is 2760. The molecule has 0 aliphatic carbocycles. The lowest BCUT2D eigenvalue weighted by atomic mass is 10.00. The lowest BCUT2D eigenvalue weighted by molar-refractivity contribution is 0.585. The molecule has 0 atom stereocenters. The number of hydrogen-bond acceptors (Lipinski definition) is 6. The molecule has 0 saturated carbocycles. The zero-order valence-corrected chi connectivity index (χ0v) is 28.7. The summed E-state index contributed by atoms with van der Waals surface area (Å²) in [5.41, 5.74) is 6.51. The van der Waals surface area contributed by atoms with Crippen molar-refractivity contribution in [3.8, 4) is 62.4 Å². The van der Waals surface area contributed by atoms with Gasteiger partial charge in [-0.05, 0) is 55.8 Å². The zero-order valence-electron chi connectivity index (χ0n) is 28.7. The number of para-hydroxylation sites is 1. The van der Waals surface area contributed by atoms with Gasteiger partial charge in [0.2, 0.25) is 0 Å². The lowest BCUT2D eigenvalue weighted by Gasteiger charge is -2.17. The minimum Gasteiger partial charge on any atom is -0.308 e. The molecular formula is C44H29F2N7. The quantitative estimate of drug-likeness (QED) is 0.172. The van der Waals surface area contributed by atoms with Crippen molar-refractivity contribution in [1.29, 1.82) is 0 Å². The highest BCUT2D eigenvalue weighted by Crippen LogP contribution is 2.39. The van der Waals surface area contributed by atoms with Crippen LogP contribution in [0.15, 0.2) is 140 Å². The summed E-state index contributed by atoms with van der Waals surface area (Å²) in [6.45, 7) is 3.71. The molecule has 3 heterocycles. The first kappa shape index (κ1) is 31.9. The number of halogens is 2. The number of fused-ring (bicyclic) bond motifs is 3. The van der Waals surface area contributed by atoms with Crippen molar-refractivity contribution >= 4 is 21.8 Å². The zero-order chi connectivity index (χ0) is 36.1. The monoisotopic (exact) mass is 693 g/mol. The number of rotatable bonds is 6. The topological polar surface area (TPSA) is 82.3 Å². The van der Waals surface area contributed by atoms with Crippen molar-refractivity contribution in [3.63, 3.8) is 0 Å². The Morgan fingerprint density at radius 1 is 0.415 bits per heavy atom. The Balaban J connectivity index is 1.36. The Morgan fingerprint density at radius 3 is 1.68 bits per heavy atom. The van der Waals surface area contributed by atoms with Gasteiger partial charge in [0, 0.05) is 44.7 Å². The molecule has 53 heavy (non-hydrogen) atoms. The molecule has 0 unspecified atom stereocenters. The van der Waals surface area contributed by atoms with E-state index in [-0.39, 0.29) is 5.56 Å². The SMILES string of the molecule is Cc1nc(C)nc(-c2ccc3c4ccccc4n(-c4ccc(-c5ccc(F)cc5F)cc4-c4nc(-c5ccccc5)nc(-c5ccccc5)n4)c3c2)n1. The van der Waals surface area contributed by atoms with Gasteiger partial charge in [-0.15, -0.1) is 0 Å². The summed E-state index contributed by atoms with van der Waals surface area (Å²) in [6, 6.07) is 43.1. The van der Waals surface area contributed by atoms with Crippen LogP contribution in [0.25, 0.3) is 84.2 Å². The summed E-state index contributed by atoms with van der Waals surface area (Å²) in [7, 11) is 0. The van der Waals surface area contributed by atoms with Crippen LogP contribution < -0.4 is 0 Å². The molecule has 0 radical (unpaired) electrons. The molecule has 7 nitrogen and oxygen atoms in total. The largest absolute Gasteiger partial charge is 0.308 e. The van der Waals surface area contributed by atoms with E-state index >= 15 is 4.39 Å². The van der Waals surface area contributed by atoms with Crippen LogP contribution in [-0.4, -0.2) is 34.5 Å². The van der Waals surface area contributed by atoms with Gasteiger partial charge in [-0.1, -0.05) is 97.1 Å². The lowest BCUT2D eigenvalue weighted by Crippen LogP contribution is -2.04. The molecule has 9 rings (SSSR count). The summed E-state index contributed by atoms with van der Waals surface area (Å²) in [5.74, 6) is 1.91. The van der Waals surface area contributed by atoms with Gasteiger partial charge in [-0.3, -0.25) is 0 Å². The third-order valence-corrected chi connectivity index (χ3v) is 9.21. The predicted molar refractivity (Wildman–Crippen MR) is 204 cm³/mol. The van der Waals surface area contributed by atoms with Gasteiger partial charge in [0.1, 0.15) is 23.3 Å². The van der Waals surface area contributed by atoms with Gasteiger partial charge in [0.25, 0.3) is 0 Å². The second-order valence-electron chi connectivity index (χ2n) is 12.7. The highest BCUT2D eigenvalue weighted by molar-refractivity contribution is 6.10. The summed E-state index contributed by atoms with van der Waals surface area (Å²) < 4.78 is 31.6. The van der Waals surface area contributed by atoms with Gasteiger partial charge < -0.3 is 4.57 Å². The number of hydrogen-bond donors (Lipinski definition) is 0. The number of aryl methyl sites for hydroxylation is 2. The van der Waals surface area contributed by atoms with E-state index in [0.29, 0.717) is 46.1 Å². The van der Waals surface area contributed by atoms with Crippen molar-refractivity contribution in [2.24, 2.45) is 0 Å². The van der Waals surface area contributed by atoms with E-state index < -0.39 is 11.6 Å². The third-order valence-electron chi connectivity index (χ3n) is 9.21. The molecular weight excluding hydrogens is 665 g/mol. The second kappa shape index (κ2) is 13.0. The van der Waals surface area contributed by atoms with E-state index in [1.807, 2.05) is 111 Å². The van der Waals surface area contributed by atoms with Gasteiger partial charge >= 0.3 is 0 Å². The molecule has 0 aliphatic heterocycles. The van der Waals surface area contributed by atoms with Crippen molar-refractivity contribution in [3.05, 3.63) is 163 Å². The molecule has 0 fully saturated rings. The highest BCUT2D eigenvalue weighted by atomic mass is 19.1. The fourth-order valence-electron chi connectivity index (χ4n) is 6.84. The van der Waals surface area contributed by atoms with Crippen LogP contribution in [0, 0.1) is 25.5 Å². The molecule has 0 amide bonds. The molecule has 254 valence electrons. The first-order valence-electron chi connectivity index (χ1n) is 17.1. The average molecular weight is 694 g/mol. The Kier molecular flexibility index (Phi) is 7.81. The minimum atomic E-state index is -0.668. The Morgan fingerprint density at radius 2 is 1.00 bits per heavy atom. The molecule has 0 N–H and O–H groups in total. The summed E-state index contributed by atoms with van der Waals surface area (Å²) >= 11 is 0. The second-order valence-corrected chi connectivity index (χ2v) is 12.7. The third kappa shape index (κ3) is 5.88. The van der Waals surface area contributed by atoms with E-state index in [4.69, 9.17) is 15.0 Å². The van der Waals surface area contributed by atoms with Crippen molar-refractivity contribution < 1.29 is 8.78 Å². The van der Waals surface area contributed by atoms with Crippen LogP contribution in [0.1, 0.15) is 11.6 Å². The maximum Gasteiger partial charge on any atom is 0.166 e. The minimum absolute atomic E-state index is 0.255. The molecule has 6 aromatic carbocycles. The standard InChI is InChI=1S/C44H29F2N7/c1-26-47-27(2)49-43(48-26)31-17-20-35-34-15-9-10-16-38(34)53(40(35)24-31)39-22-18-30(33-21-19-32(45)25-37(33)46)23-36(39)44-51-41(28-11-5-3-6-12-28)50-42(52-44)29-13-7-4-8-14-29/h3-25H,1-2H3. The first-order chi connectivity index (χ1) is 25.9. The summed E-state index contributed by atoms with van der Waals surface area (Å²) in [4.78, 5) is 28.7. The number of aromatic nitrogens is 7. The molecule has 0 saturated heterocycles. The van der Waals surface area contributed by atoms with E-state index in [9.17, 15) is 4.39 Å². The maximum atomic E-state index is 15.4. The van der Waals surface area contributed by atoms with E-state index in [2.05, 4.69) is 43.8 Å². The fourth-order valence-corrected chi connectivity index (χ4v) is 6.84. The van der Waals surface area contributed by atoms with E-state index in [1.54, 1.807) is 0 Å². The first-order valence-corrected chi connectivity index (χ1v) is 17.1. The maximum absolute atomic E-state index is 15.4. The van der Waals surface area contributed by atoms with Gasteiger partial charge in [-0.25, -0.2) is 38.7 Å². The van der Waals surface area contributed by atoms with Crippen LogP contribution in [0.5, 0.6) is 0 Å². The number of benzene rings is 6. The fraction of sp³-hybridized carbons (Fsp3) is 0.0455. The van der Waals surface area contributed by atoms with Crippen LogP contribution >= 0.6 is 0 Å². The van der Waals surface area contributed by atoms with E-state index in [0.717, 1.165) is 50.2 Å². The summed E-state index contributed by atoms with van der Waals surface area (Å²) in [6.07, 6.45) is 0. The molecule has 0 aliphatic rings. The molecule has 9 heteroatoms. The van der Waals surface area contributed by atoms with Gasteiger partial charge in [0.05, 0.1) is 16.7 Å². The predicted octanol–water partition coefficient (Wildman–Crippen LogP) is 10.4. The smallest absolute Gasteiger partial charge is 0.166 e. The molecule has 9 aromatic rings.